The molecule has 0 aliphatic carbocycles. The second kappa shape index (κ2) is 8.03. The van der Waals surface area contributed by atoms with Gasteiger partial charge < -0.3 is 19.6 Å². The van der Waals surface area contributed by atoms with Crippen molar-refractivity contribution < 1.29 is 19.4 Å². The fourth-order valence-corrected chi connectivity index (χ4v) is 3.18. The number of amides is 1. The van der Waals surface area contributed by atoms with Gasteiger partial charge in [-0.3, -0.25) is 4.79 Å². The zero-order valence-electron chi connectivity index (χ0n) is 15.4. The lowest BCUT2D eigenvalue weighted by atomic mass is 10.0. The molecule has 27 heavy (non-hydrogen) atoms. The van der Waals surface area contributed by atoms with Crippen molar-refractivity contribution >= 4 is 17.8 Å². The third kappa shape index (κ3) is 4.33. The van der Waals surface area contributed by atoms with Crippen molar-refractivity contribution in [2.45, 2.75) is 13.8 Å². The molecule has 1 aromatic heterocycles. The van der Waals surface area contributed by atoms with Crippen LogP contribution in [0.15, 0.2) is 30.6 Å². The number of piperazine rings is 1. The molecule has 2 aromatic rings. The molecule has 0 spiro atoms. The highest BCUT2D eigenvalue weighted by molar-refractivity contribution is 5.95. The second-order valence-corrected chi connectivity index (χ2v) is 6.45. The van der Waals surface area contributed by atoms with Gasteiger partial charge in [0.15, 0.2) is 6.61 Å². The predicted molar refractivity (Wildman–Crippen MR) is 99.2 cm³/mol. The summed E-state index contributed by atoms with van der Waals surface area (Å²) in [6.45, 7) is 5.75. The second-order valence-electron chi connectivity index (χ2n) is 6.45. The lowest BCUT2D eigenvalue weighted by Crippen LogP contribution is -2.49. The van der Waals surface area contributed by atoms with Gasteiger partial charge in [-0.05, 0) is 43.2 Å². The summed E-state index contributed by atoms with van der Waals surface area (Å²) in [5, 5.41) is 8.77. The maximum atomic E-state index is 12.9. The van der Waals surface area contributed by atoms with Gasteiger partial charge in [0.1, 0.15) is 5.75 Å². The average molecular weight is 370 g/mol. The van der Waals surface area contributed by atoms with Gasteiger partial charge in [-0.15, -0.1) is 0 Å². The molecule has 3 rings (SSSR count). The fraction of sp³-hybridized carbons (Fsp3) is 0.368. The van der Waals surface area contributed by atoms with E-state index in [1.165, 1.54) is 0 Å². The molecule has 1 amide bonds. The number of carboxylic acids is 1. The van der Waals surface area contributed by atoms with Gasteiger partial charge in [0.05, 0.1) is 0 Å². The first kappa shape index (κ1) is 18.6. The van der Waals surface area contributed by atoms with E-state index in [0.29, 0.717) is 43.4 Å². The van der Waals surface area contributed by atoms with Crippen LogP contribution >= 0.6 is 0 Å². The monoisotopic (exact) mass is 370 g/mol. The van der Waals surface area contributed by atoms with Crippen LogP contribution in [-0.4, -0.2) is 64.6 Å². The zero-order chi connectivity index (χ0) is 19.4. The van der Waals surface area contributed by atoms with E-state index in [-0.39, 0.29) is 5.91 Å². The topological polar surface area (TPSA) is 95.9 Å². The number of nitrogens with zero attached hydrogens (tertiary/aromatic N) is 4. The first-order valence-corrected chi connectivity index (χ1v) is 8.73. The van der Waals surface area contributed by atoms with E-state index < -0.39 is 12.6 Å². The highest BCUT2D eigenvalue weighted by Crippen LogP contribution is 2.26. The molecule has 142 valence electrons. The first-order valence-electron chi connectivity index (χ1n) is 8.73. The number of carbonyl (C=O) groups is 2. The van der Waals surface area contributed by atoms with Crippen LogP contribution in [0.1, 0.15) is 21.5 Å². The Balaban J connectivity index is 1.67. The molecule has 2 heterocycles. The van der Waals surface area contributed by atoms with Gasteiger partial charge in [-0.1, -0.05) is 0 Å². The molecular formula is C19H22N4O4. The number of aromatic nitrogens is 2. The summed E-state index contributed by atoms with van der Waals surface area (Å²) in [6, 6.07) is 5.27. The summed E-state index contributed by atoms with van der Waals surface area (Å²) in [5.74, 6) is 0.116. The molecule has 1 aliphatic rings. The molecular weight excluding hydrogens is 348 g/mol. The van der Waals surface area contributed by atoms with Gasteiger partial charge >= 0.3 is 5.97 Å². The summed E-state index contributed by atoms with van der Waals surface area (Å²) in [4.78, 5) is 35.9. The molecule has 0 saturated carbocycles. The minimum absolute atomic E-state index is 0.0420. The lowest BCUT2D eigenvalue weighted by Gasteiger charge is -2.34. The van der Waals surface area contributed by atoms with Crippen molar-refractivity contribution in [1.82, 2.24) is 14.9 Å². The smallest absolute Gasteiger partial charge is 0.341 e. The Morgan fingerprint density at radius 3 is 2.22 bits per heavy atom. The molecule has 1 N–H and O–H groups in total. The molecule has 1 fully saturated rings. The Hall–Kier alpha value is -3.16. The van der Waals surface area contributed by atoms with Crippen molar-refractivity contribution in [3.63, 3.8) is 0 Å². The Morgan fingerprint density at radius 1 is 1.07 bits per heavy atom. The van der Waals surface area contributed by atoms with Gasteiger partial charge in [-0.25, -0.2) is 14.8 Å². The normalized spacial score (nSPS) is 14.1. The number of benzene rings is 1. The predicted octanol–water partition coefficient (Wildman–Crippen LogP) is 1.52. The van der Waals surface area contributed by atoms with E-state index in [1.54, 1.807) is 30.6 Å². The molecule has 8 nitrogen and oxygen atoms in total. The van der Waals surface area contributed by atoms with E-state index in [1.807, 2.05) is 18.7 Å². The maximum absolute atomic E-state index is 12.9. The minimum Gasteiger partial charge on any atom is -0.481 e. The number of rotatable bonds is 5. The third-order valence-corrected chi connectivity index (χ3v) is 4.45. The number of aliphatic carboxylic acids is 1. The number of hydrogen-bond acceptors (Lipinski definition) is 6. The number of anilines is 1. The van der Waals surface area contributed by atoms with Crippen LogP contribution in [0, 0.1) is 13.8 Å². The Labute approximate surface area is 157 Å². The summed E-state index contributed by atoms with van der Waals surface area (Å²) >= 11 is 0. The Morgan fingerprint density at radius 2 is 1.67 bits per heavy atom. The summed E-state index contributed by atoms with van der Waals surface area (Å²) < 4.78 is 5.33. The van der Waals surface area contributed by atoms with Crippen molar-refractivity contribution in [2.75, 3.05) is 37.7 Å². The highest BCUT2D eigenvalue weighted by Gasteiger charge is 2.24. The summed E-state index contributed by atoms with van der Waals surface area (Å²) in [6.07, 6.45) is 3.42. The molecule has 1 aliphatic heterocycles. The molecule has 8 heteroatoms. The van der Waals surface area contributed by atoms with Gasteiger partial charge in [0.2, 0.25) is 5.95 Å². The number of carboxylic acid groups (broad SMARTS) is 1. The largest absolute Gasteiger partial charge is 0.481 e. The molecule has 1 aromatic carbocycles. The van der Waals surface area contributed by atoms with Gasteiger partial charge in [0.25, 0.3) is 5.91 Å². The Bertz CT molecular complexity index is 810. The van der Waals surface area contributed by atoms with Crippen LogP contribution in [0.2, 0.25) is 0 Å². The first-order chi connectivity index (χ1) is 13.0. The third-order valence-electron chi connectivity index (χ3n) is 4.45. The standard InChI is InChI=1S/C19H22N4O4/c1-13-10-15(11-14(2)17(13)27-12-16(24)25)18(26)22-6-8-23(9-7-22)19-20-4-3-5-21-19/h3-5,10-11H,6-9,12H2,1-2H3,(H,24,25). The number of ether oxygens (including phenoxy) is 1. The van der Waals surface area contributed by atoms with Crippen LogP contribution in [0.3, 0.4) is 0 Å². The fourth-order valence-electron chi connectivity index (χ4n) is 3.18. The molecule has 0 radical (unpaired) electrons. The summed E-state index contributed by atoms with van der Waals surface area (Å²) in [5.41, 5.74) is 2.07. The number of carbonyl (C=O) groups excluding carboxylic acids is 1. The van der Waals surface area contributed by atoms with Crippen LogP contribution < -0.4 is 9.64 Å². The molecule has 0 unspecified atom stereocenters. The van der Waals surface area contributed by atoms with E-state index in [0.717, 1.165) is 11.1 Å². The van der Waals surface area contributed by atoms with E-state index in [9.17, 15) is 9.59 Å². The number of hydrogen-bond donors (Lipinski definition) is 1. The lowest BCUT2D eigenvalue weighted by molar-refractivity contribution is -0.139. The van der Waals surface area contributed by atoms with Crippen LogP contribution in [0.25, 0.3) is 0 Å². The Kier molecular flexibility index (Phi) is 5.54. The molecule has 0 atom stereocenters. The van der Waals surface area contributed by atoms with Crippen LogP contribution in [-0.2, 0) is 4.79 Å². The summed E-state index contributed by atoms with van der Waals surface area (Å²) in [7, 11) is 0. The van der Waals surface area contributed by atoms with E-state index >= 15 is 0 Å². The van der Waals surface area contributed by atoms with E-state index in [2.05, 4.69) is 14.9 Å². The van der Waals surface area contributed by atoms with Crippen molar-refractivity contribution in [1.29, 1.82) is 0 Å². The van der Waals surface area contributed by atoms with Crippen molar-refractivity contribution in [2.24, 2.45) is 0 Å². The van der Waals surface area contributed by atoms with Gasteiger partial charge in [-0.2, -0.15) is 0 Å². The van der Waals surface area contributed by atoms with Crippen LogP contribution in [0.4, 0.5) is 5.95 Å². The molecule has 1 saturated heterocycles. The van der Waals surface area contributed by atoms with E-state index in [4.69, 9.17) is 9.84 Å². The molecule has 0 bridgehead atoms. The SMILES string of the molecule is Cc1cc(C(=O)N2CCN(c3ncccn3)CC2)cc(C)c1OCC(=O)O. The quantitative estimate of drug-likeness (QED) is 0.852. The van der Waals surface area contributed by atoms with Crippen molar-refractivity contribution in [3.8, 4) is 5.75 Å². The number of aryl methyl sites for hydroxylation is 2. The average Bonchev–Trinajstić information content (AvgIpc) is 2.67. The van der Waals surface area contributed by atoms with Crippen LogP contribution in [0.5, 0.6) is 5.75 Å². The van der Waals surface area contributed by atoms with Gasteiger partial charge in [0, 0.05) is 44.1 Å². The highest BCUT2D eigenvalue weighted by atomic mass is 16.5. The zero-order valence-corrected chi connectivity index (χ0v) is 15.4. The maximum Gasteiger partial charge on any atom is 0.341 e. The minimum atomic E-state index is -1.03. The van der Waals surface area contributed by atoms with Crippen molar-refractivity contribution in [3.05, 3.63) is 47.3 Å².